The SMILES string of the molecule is C[C@H](CN1CC[PH](C)(O)CC1)Nc1ccc(S(=O)(=O)NC(=O)c2ccc(N3CCN(CC4=C(c5ccc(Cl)cc5)CC(C)(C)CC4)CC3)cc2Oc2cnc3[nH]ccc3c2)cc1[N+](=O)[O-]. The summed E-state index contributed by atoms with van der Waals surface area (Å²) in [5, 5.41) is 16.9. The number of ether oxygens (including phenoxy) is 1. The third kappa shape index (κ3) is 11.3. The van der Waals surface area contributed by atoms with Crippen LogP contribution in [0.4, 0.5) is 17.1 Å². The fourth-order valence-electron chi connectivity index (χ4n) is 9.08. The van der Waals surface area contributed by atoms with Crippen LogP contribution in [0.25, 0.3) is 16.6 Å². The Morgan fingerprint density at radius 2 is 1.75 bits per heavy atom. The second kappa shape index (κ2) is 19.0. The van der Waals surface area contributed by atoms with Crippen LogP contribution >= 0.6 is 19.1 Å². The summed E-state index contributed by atoms with van der Waals surface area (Å²) >= 11 is 6.25. The molecule has 1 aliphatic carbocycles. The summed E-state index contributed by atoms with van der Waals surface area (Å²) in [5.74, 6) is -0.496. The van der Waals surface area contributed by atoms with Gasteiger partial charge < -0.3 is 14.6 Å². The standard InChI is InChI=1S/C47H58ClN8O7PS/c1-32(30-54-21-23-64(4,60)24-22-54)51-42-12-10-39(27-43(42)56(58)59)65(61,62)52-46(57)40-11-9-37(26-44(40)63-38-25-34-14-16-49-45(34)50-29-38)55-19-17-53(18-20-55)31-35-13-15-47(2,3)28-41(35)33-5-7-36(48)8-6-33/h5-12,14,16,25-27,29,32,51,60,64H,13,15,17-24,28,30-31H2,1-4H3,(H,49,50)(H,52,57)/t32-/m1/s1. The first-order chi connectivity index (χ1) is 30.9. The Kier molecular flexibility index (Phi) is 13.6. The van der Waals surface area contributed by atoms with Gasteiger partial charge in [-0.15, -0.1) is 0 Å². The van der Waals surface area contributed by atoms with Crippen LogP contribution in [0.2, 0.25) is 5.02 Å². The predicted octanol–water partition coefficient (Wildman–Crippen LogP) is 8.22. The van der Waals surface area contributed by atoms with Gasteiger partial charge in [-0.05, 0) is 72.2 Å². The van der Waals surface area contributed by atoms with Gasteiger partial charge in [0.25, 0.3) is 5.91 Å². The minimum atomic E-state index is -4.59. The average molecular weight is 946 g/mol. The Bertz CT molecular complexity index is 2710. The number of benzene rings is 3. The van der Waals surface area contributed by atoms with Gasteiger partial charge in [-0.2, -0.15) is 0 Å². The Labute approximate surface area is 385 Å². The van der Waals surface area contributed by atoms with E-state index >= 15 is 0 Å². The molecule has 346 valence electrons. The van der Waals surface area contributed by atoms with Gasteiger partial charge in [-0.1, -0.05) is 43.2 Å². The van der Waals surface area contributed by atoms with E-state index in [0.717, 1.165) is 99.6 Å². The molecule has 3 aromatic carbocycles. The Hall–Kier alpha value is -5.09. The van der Waals surface area contributed by atoms with E-state index in [2.05, 4.69) is 60.7 Å². The van der Waals surface area contributed by atoms with Crippen molar-refractivity contribution in [2.45, 2.75) is 51.0 Å². The molecule has 1 atom stereocenters. The number of pyridine rings is 1. The molecule has 3 aliphatic rings. The number of hydrogen-bond acceptors (Lipinski definition) is 12. The summed E-state index contributed by atoms with van der Waals surface area (Å²) in [7, 11) is -6.74. The molecule has 18 heteroatoms. The number of amides is 1. The fourth-order valence-corrected chi connectivity index (χ4v) is 12.0. The van der Waals surface area contributed by atoms with Gasteiger partial charge >= 0.3 is 147 Å². The zero-order valence-electron chi connectivity index (χ0n) is 37.3. The van der Waals surface area contributed by atoms with Crippen molar-refractivity contribution < 1.29 is 27.8 Å². The van der Waals surface area contributed by atoms with E-state index in [1.54, 1.807) is 30.5 Å². The molecule has 0 unspecified atom stereocenters. The number of carbonyl (C=O) groups excluding carboxylic acids is 1. The van der Waals surface area contributed by atoms with Gasteiger partial charge in [0.1, 0.15) is 17.1 Å². The van der Waals surface area contributed by atoms with Crippen LogP contribution in [0, 0.1) is 15.5 Å². The van der Waals surface area contributed by atoms with Crippen molar-refractivity contribution in [2.24, 2.45) is 5.41 Å². The van der Waals surface area contributed by atoms with Crippen LogP contribution in [0.1, 0.15) is 56.0 Å². The number of hydrogen-bond donors (Lipinski definition) is 4. The molecule has 1 amide bonds. The van der Waals surface area contributed by atoms with Crippen molar-refractivity contribution >= 4 is 68.7 Å². The first kappa shape index (κ1) is 46.4. The Balaban J connectivity index is 0.987. The van der Waals surface area contributed by atoms with Crippen LogP contribution in [0.15, 0.2) is 95.7 Å². The molecule has 2 saturated heterocycles. The number of aromatic nitrogens is 2. The van der Waals surface area contributed by atoms with Crippen molar-refractivity contribution in [3.63, 3.8) is 0 Å². The van der Waals surface area contributed by atoms with Gasteiger partial charge in [-0.3, -0.25) is 9.69 Å². The molecular weight excluding hydrogens is 887 g/mol. The van der Waals surface area contributed by atoms with Gasteiger partial charge in [0, 0.05) is 61.1 Å². The number of sulfonamides is 1. The molecule has 5 aromatic rings. The molecule has 4 heterocycles. The third-order valence-corrected chi connectivity index (χ3v) is 17.1. The molecule has 4 N–H and O–H groups in total. The second-order valence-electron chi connectivity index (χ2n) is 18.8. The number of H-pyrrole nitrogens is 1. The van der Waals surface area contributed by atoms with Crippen molar-refractivity contribution in [1.29, 1.82) is 0 Å². The maximum atomic E-state index is 14.0. The van der Waals surface area contributed by atoms with Gasteiger partial charge in [-0.25, -0.2) is 4.98 Å². The van der Waals surface area contributed by atoms with E-state index in [-0.39, 0.29) is 28.5 Å². The third-order valence-electron chi connectivity index (χ3n) is 12.9. The summed E-state index contributed by atoms with van der Waals surface area (Å²) in [6.07, 6.45) is 7.99. The van der Waals surface area contributed by atoms with Gasteiger partial charge in [0.15, 0.2) is 0 Å². The monoisotopic (exact) mass is 944 g/mol. The molecular formula is C47H58ClN8O7PS. The fraction of sp³-hybridized carbons (Fsp3) is 0.404. The molecule has 0 radical (unpaired) electrons. The number of nitro groups is 1. The Morgan fingerprint density at radius 1 is 1.02 bits per heavy atom. The summed E-state index contributed by atoms with van der Waals surface area (Å²) < 4.78 is 36.0. The molecule has 2 fully saturated rings. The van der Waals surface area contributed by atoms with E-state index in [9.17, 15) is 28.2 Å². The van der Waals surface area contributed by atoms with Crippen LogP contribution in [0.5, 0.6) is 11.5 Å². The molecule has 2 aliphatic heterocycles. The molecule has 65 heavy (non-hydrogen) atoms. The zero-order valence-corrected chi connectivity index (χ0v) is 39.8. The first-order valence-electron chi connectivity index (χ1n) is 22.2. The van der Waals surface area contributed by atoms with Crippen LogP contribution in [-0.4, -0.2) is 121 Å². The summed E-state index contributed by atoms with van der Waals surface area (Å²) in [4.78, 5) is 50.0. The molecule has 0 spiro atoms. The number of nitro benzene ring substituents is 1. The molecule has 15 nitrogen and oxygen atoms in total. The number of nitrogens with one attached hydrogen (secondary N) is 3. The number of fused-ring (bicyclic) bond motifs is 1. The molecule has 8 rings (SSSR count). The summed E-state index contributed by atoms with van der Waals surface area (Å²) in [6, 6.07) is 20.2. The maximum absolute atomic E-state index is 14.0. The number of anilines is 2. The quantitative estimate of drug-likeness (QED) is 0.0476. The number of piperazine rings is 1. The minimum absolute atomic E-state index is 0.0458. The van der Waals surface area contributed by atoms with Crippen molar-refractivity contribution in [3.8, 4) is 11.5 Å². The van der Waals surface area contributed by atoms with E-state index in [0.29, 0.717) is 17.9 Å². The number of carbonyl (C=O) groups is 1. The van der Waals surface area contributed by atoms with E-state index in [1.165, 1.54) is 35.0 Å². The van der Waals surface area contributed by atoms with Crippen molar-refractivity contribution in [3.05, 3.63) is 117 Å². The average Bonchev–Trinajstić information content (AvgIpc) is 3.73. The van der Waals surface area contributed by atoms with Crippen molar-refractivity contribution in [2.75, 3.05) is 81.6 Å². The number of allylic oxidation sites excluding steroid dienone is 1. The Morgan fingerprint density at radius 3 is 2.48 bits per heavy atom. The topological polar surface area (TPSA) is 186 Å². The van der Waals surface area contributed by atoms with Crippen LogP contribution in [0.3, 0.4) is 0 Å². The number of rotatable bonds is 14. The van der Waals surface area contributed by atoms with E-state index < -0.39 is 38.9 Å². The summed E-state index contributed by atoms with van der Waals surface area (Å²) in [6.45, 7) is 14.6. The molecule has 0 bridgehead atoms. The predicted molar refractivity (Wildman–Crippen MR) is 261 cm³/mol. The zero-order chi connectivity index (χ0) is 46.1. The number of nitrogens with zero attached hydrogens (tertiary/aromatic N) is 5. The summed E-state index contributed by atoms with van der Waals surface area (Å²) in [5.41, 5.74) is 5.45. The molecule has 0 saturated carbocycles. The normalized spacial score (nSPS) is 19.1. The molecule has 2 aromatic heterocycles. The van der Waals surface area contributed by atoms with Gasteiger partial charge in [0.05, 0.1) is 11.8 Å². The van der Waals surface area contributed by atoms with E-state index in [1.807, 2.05) is 31.8 Å². The number of aromatic amines is 1. The second-order valence-corrected chi connectivity index (χ2v) is 24.9. The van der Waals surface area contributed by atoms with E-state index in [4.69, 9.17) is 16.3 Å². The van der Waals surface area contributed by atoms with Crippen LogP contribution < -0.4 is 19.7 Å². The van der Waals surface area contributed by atoms with Crippen molar-refractivity contribution in [1.82, 2.24) is 24.5 Å². The van der Waals surface area contributed by atoms with Crippen LogP contribution in [-0.2, 0) is 10.0 Å². The number of halogens is 1. The van der Waals surface area contributed by atoms with Gasteiger partial charge in [0.2, 0.25) is 0 Å². The first-order valence-corrected chi connectivity index (χ1v) is 26.9.